The number of esters is 1. The van der Waals surface area contributed by atoms with Crippen molar-refractivity contribution in [1.29, 1.82) is 0 Å². The van der Waals surface area contributed by atoms with Crippen molar-refractivity contribution in [2.24, 2.45) is 5.10 Å². The van der Waals surface area contributed by atoms with E-state index in [0.29, 0.717) is 11.1 Å². The number of amides is 1. The summed E-state index contributed by atoms with van der Waals surface area (Å²) in [6, 6.07) is 1.46. The van der Waals surface area contributed by atoms with Crippen LogP contribution in [0.2, 0.25) is 0 Å². The number of hydrogen-bond donors (Lipinski definition) is 1. The average molecular weight is 421 g/mol. The lowest BCUT2D eigenvalue weighted by atomic mass is 10.0. The number of alkyl halides is 3. The summed E-state index contributed by atoms with van der Waals surface area (Å²) >= 11 is 0. The predicted octanol–water partition coefficient (Wildman–Crippen LogP) is 2.56. The zero-order valence-electron chi connectivity index (χ0n) is 15.6. The number of halogens is 4. The zero-order chi connectivity index (χ0) is 21.8. The highest BCUT2D eigenvalue weighted by Gasteiger charge is 2.38. The molecule has 1 fully saturated rings. The normalized spacial score (nSPS) is 15.2. The van der Waals surface area contributed by atoms with Gasteiger partial charge < -0.3 is 19.5 Å². The van der Waals surface area contributed by atoms with Crippen LogP contribution >= 0.6 is 0 Å². The van der Waals surface area contributed by atoms with Crippen LogP contribution in [0.25, 0.3) is 0 Å². The van der Waals surface area contributed by atoms with E-state index in [-0.39, 0.29) is 37.6 Å². The van der Waals surface area contributed by atoms with Crippen LogP contribution in [0.3, 0.4) is 0 Å². The molecule has 0 unspecified atom stereocenters. The van der Waals surface area contributed by atoms with Gasteiger partial charge in [0.2, 0.25) is 0 Å². The maximum atomic E-state index is 14.8. The number of anilines is 1. The molecule has 1 aromatic rings. The van der Waals surface area contributed by atoms with E-state index in [2.05, 4.69) is 5.10 Å². The second-order valence-electron chi connectivity index (χ2n) is 6.08. The van der Waals surface area contributed by atoms with E-state index in [4.69, 9.17) is 14.6 Å². The van der Waals surface area contributed by atoms with Crippen LogP contribution in [0.4, 0.5) is 28.0 Å². The number of hydrazone groups is 1. The standard InChI is InChI=1S/C17H19F4N3O5/c1-10(25)29-9-14(22-23(2)16(26)27)11-7-12(17(19,20)21)15(13(18)8-11)24-3-5-28-6-4-24/h7-8H,3-6,9H2,1-2H3,(H,26,27)/b22-14+. The third-order valence-corrected chi connectivity index (χ3v) is 3.99. The van der Waals surface area contributed by atoms with Crippen molar-refractivity contribution in [2.75, 3.05) is 44.9 Å². The Kier molecular flexibility index (Phi) is 7.01. The highest BCUT2D eigenvalue weighted by Crippen LogP contribution is 2.39. The number of carbonyl (C=O) groups excluding carboxylic acids is 1. The number of nitrogens with zero attached hydrogens (tertiary/aromatic N) is 3. The lowest BCUT2D eigenvalue weighted by molar-refractivity contribution is -0.139. The van der Waals surface area contributed by atoms with Gasteiger partial charge in [0.1, 0.15) is 18.1 Å². The summed E-state index contributed by atoms with van der Waals surface area (Å²) in [5, 5.41) is 13.0. The van der Waals surface area contributed by atoms with E-state index in [1.807, 2.05) is 0 Å². The Hall–Kier alpha value is -2.89. The van der Waals surface area contributed by atoms with Crippen LogP contribution in [-0.4, -0.2) is 67.8 Å². The molecule has 160 valence electrons. The summed E-state index contributed by atoms with van der Waals surface area (Å²) in [6.45, 7) is 0.884. The van der Waals surface area contributed by atoms with E-state index in [0.717, 1.165) is 20.0 Å². The molecule has 2 rings (SSSR count). The molecule has 0 radical (unpaired) electrons. The summed E-state index contributed by atoms with van der Waals surface area (Å²) in [7, 11) is 1.03. The van der Waals surface area contributed by atoms with E-state index in [1.54, 1.807) is 0 Å². The minimum Gasteiger partial charge on any atom is -0.464 e. The van der Waals surface area contributed by atoms with Gasteiger partial charge in [-0.1, -0.05) is 0 Å². The number of rotatable bonds is 5. The summed E-state index contributed by atoms with van der Waals surface area (Å²) in [5.74, 6) is -1.93. The van der Waals surface area contributed by atoms with Crippen LogP contribution < -0.4 is 4.90 Å². The first kappa shape index (κ1) is 22.4. The second-order valence-corrected chi connectivity index (χ2v) is 6.08. The third-order valence-electron chi connectivity index (χ3n) is 3.99. The van der Waals surface area contributed by atoms with Crippen LogP contribution in [-0.2, 0) is 20.4 Å². The van der Waals surface area contributed by atoms with Crippen LogP contribution in [0.15, 0.2) is 17.2 Å². The summed E-state index contributed by atoms with van der Waals surface area (Å²) in [6.07, 6.45) is -6.40. The molecule has 0 aliphatic carbocycles. The van der Waals surface area contributed by atoms with Gasteiger partial charge in [0.15, 0.2) is 0 Å². The molecule has 1 amide bonds. The van der Waals surface area contributed by atoms with Gasteiger partial charge in [-0.25, -0.2) is 14.2 Å². The first-order valence-corrected chi connectivity index (χ1v) is 8.42. The molecule has 12 heteroatoms. The molecule has 1 aliphatic heterocycles. The molecule has 0 spiro atoms. The van der Waals surface area contributed by atoms with E-state index in [9.17, 15) is 27.2 Å². The molecular weight excluding hydrogens is 402 g/mol. The smallest absolute Gasteiger partial charge is 0.427 e. The highest BCUT2D eigenvalue weighted by molar-refractivity contribution is 6.03. The average Bonchev–Trinajstić information content (AvgIpc) is 2.63. The molecule has 1 N–H and O–H groups in total. The minimum absolute atomic E-state index is 0.0789. The molecule has 1 aliphatic rings. The quantitative estimate of drug-likeness (QED) is 0.340. The van der Waals surface area contributed by atoms with Crippen molar-refractivity contribution in [3.63, 3.8) is 0 Å². The zero-order valence-corrected chi connectivity index (χ0v) is 15.6. The van der Waals surface area contributed by atoms with Crippen molar-refractivity contribution in [3.05, 3.63) is 29.1 Å². The first-order chi connectivity index (χ1) is 13.5. The number of morpholine rings is 1. The maximum absolute atomic E-state index is 14.8. The summed E-state index contributed by atoms with van der Waals surface area (Å²) in [4.78, 5) is 23.3. The lowest BCUT2D eigenvalue weighted by Crippen LogP contribution is -2.38. The summed E-state index contributed by atoms with van der Waals surface area (Å²) in [5.41, 5.74) is -2.59. The Balaban J connectivity index is 2.58. The minimum atomic E-state index is -4.89. The Morgan fingerprint density at radius 2 is 1.93 bits per heavy atom. The number of hydrogen-bond acceptors (Lipinski definition) is 6. The van der Waals surface area contributed by atoms with Crippen molar-refractivity contribution in [3.8, 4) is 0 Å². The molecule has 1 aromatic carbocycles. The Bertz CT molecular complexity index is 807. The number of carbonyl (C=O) groups is 2. The van der Waals surface area contributed by atoms with Gasteiger partial charge in [-0.2, -0.15) is 18.3 Å². The van der Waals surface area contributed by atoms with E-state index in [1.165, 1.54) is 4.90 Å². The third kappa shape index (κ3) is 5.79. The predicted molar refractivity (Wildman–Crippen MR) is 93.4 cm³/mol. The van der Waals surface area contributed by atoms with Gasteiger partial charge in [0.25, 0.3) is 0 Å². The van der Waals surface area contributed by atoms with E-state index < -0.39 is 41.9 Å². The van der Waals surface area contributed by atoms with Gasteiger partial charge >= 0.3 is 18.2 Å². The molecule has 0 aromatic heterocycles. The van der Waals surface area contributed by atoms with Crippen molar-refractivity contribution in [2.45, 2.75) is 13.1 Å². The molecule has 29 heavy (non-hydrogen) atoms. The van der Waals surface area contributed by atoms with Crippen LogP contribution in [0.1, 0.15) is 18.1 Å². The first-order valence-electron chi connectivity index (χ1n) is 8.42. The Labute approximate surface area is 163 Å². The maximum Gasteiger partial charge on any atom is 0.427 e. The molecular formula is C17H19F4N3O5. The van der Waals surface area contributed by atoms with Crippen molar-refractivity contribution < 1.29 is 41.7 Å². The number of benzene rings is 1. The molecule has 0 bridgehead atoms. The summed E-state index contributed by atoms with van der Waals surface area (Å²) < 4.78 is 65.7. The van der Waals surface area contributed by atoms with Gasteiger partial charge in [-0.3, -0.25) is 4.79 Å². The Morgan fingerprint density at radius 1 is 1.31 bits per heavy atom. The second kappa shape index (κ2) is 9.07. The van der Waals surface area contributed by atoms with Gasteiger partial charge in [0, 0.05) is 32.6 Å². The van der Waals surface area contributed by atoms with Crippen molar-refractivity contribution >= 4 is 23.5 Å². The fourth-order valence-corrected chi connectivity index (χ4v) is 2.65. The monoisotopic (exact) mass is 421 g/mol. The molecule has 1 heterocycles. The highest BCUT2D eigenvalue weighted by atomic mass is 19.4. The molecule has 1 saturated heterocycles. The molecule has 0 saturated carbocycles. The molecule has 0 atom stereocenters. The lowest BCUT2D eigenvalue weighted by Gasteiger charge is -2.31. The number of carboxylic acid groups (broad SMARTS) is 1. The fraction of sp³-hybridized carbons (Fsp3) is 0.471. The fourth-order valence-electron chi connectivity index (χ4n) is 2.65. The Morgan fingerprint density at radius 3 is 2.45 bits per heavy atom. The largest absolute Gasteiger partial charge is 0.464 e. The van der Waals surface area contributed by atoms with Gasteiger partial charge in [-0.05, 0) is 12.1 Å². The SMILES string of the molecule is CC(=O)OC/C(=N\N(C)C(=O)O)c1cc(F)c(N2CCOCC2)c(C(F)(F)F)c1. The number of ether oxygens (including phenoxy) is 2. The van der Waals surface area contributed by atoms with Crippen LogP contribution in [0, 0.1) is 5.82 Å². The van der Waals surface area contributed by atoms with Crippen molar-refractivity contribution in [1.82, 2.24) is 5.01 Å². The molecule has 8 nitrogen and oxygen atoms in total. The van der Waals surface area contributed by atoms with Crippen LogP contribution in [0.5, 0.6) is 0 Å². The van der Waals surface area contributed by atoms with Gasteiger partial charge in [0.05, 0.1) is 24.5 Å². The van der Waals surface area contributed by atoms with E-state index >= 15 is 0 Å². The van der Waals surface area contributed by atoms with Gasteiger partial charge in [-0.15, -0.1) is 0 Å². The topological polar surface area (TPSA) is 91.7 Å².